The van der Waals surface area contributed by atoms with E-state index in [0.29, 0.717) is 24.5 Å². The Hall–Kier alpha value is -2.35. The number of allylic oxidation sites excluding steroid dienone is 1. The van der Waals surface area contributed by atoms with E-state index in [4.69, 9.17) is 16.3 Å². The molecule has 40 heavy (non-hydrogen) atoms. The van der Waals surface area contributed by atoms with E-state index >= 15 is 0 Å². The minimum absolute atomic E-state index is 0.0704. The predicted molar refractivity (Wildman–Crippen MR) is 163 cm³/mol. The zero-order valence-corrected chi connectivity index (χ0v) is 25.3. The minimum atomic E-state index is -2.08. The van der Waals surface area contributed by atoms with Crippen LogP contribution in [-0.2, 0) is 22.4 Å². The number of halogens is 1. The van der Waals surface area contributed by atoms with Crippen LogP contribution in [0.3, 0.4) is 0 Å². The average Bonchev–Trinajstić information content (AvgIpc) is 3.03. The summed E-state index contributed by atoms with van der Waals surface area (Å²) in [6, 6.07) is 11.5. The maximum atomic E-state index is 13.1. The smallest absolute Gasteiger partial charge is 0.284 e. The molecule has 5 rings (SSSR count). The summed E-state index contributed by atoms with van der Waals surface area (Å²) in [5, 5.41) is 10.7. The van der Waals surface area contributed by atoms with Crippen LogP contribution in [-0.4, -0.2) is 46.8 Å². The Morgan fingerprint density at radius 3 is 2.80 bits per heavy atom. The van der Waals surface area contributed by atoms with E-state index in [0.717, 1.165) is 55.1 Å². The number of aliphatic hydroxyl groups is 1. The number of hydrogen-bond acceptors (Lipinski definition) is 5. The third kappa shape index (κ3) is 6.12. The summed E-state index contributed by atoms with van der Waals surface area (Å²) in [7, 11) is -0.0495. The van der Waals surface area contributed by atoms with E-state index in [-0.39, 0.29) is 16.6 Å². The highest BCUT2D eigenvalue weighted by atomic mass is 35.5. The molecule has 5 atom stereocenters. The maximum absolute atomic E-state index is 13.1. The predicted octanol–water partition coefficient (Wildman–Crippen LogP) is 6.38. The molecule has 216 valence electrons. The summed E-state index contributed by atoms with van der Waals surface area (Å²) in [5.74, 6) is 0.714. The highest BCUT2D eigenvalue weighted by Crippen LogP contribution is 2.44. The van der Waals surface area contributed by atoms with Crippen LogP contribution in [0.2, 0.25) is 5.02 Å². The molecule has 0 bridgehead atoms. The van der Waals surface area contributed by atoms with Gasteiger partial charge in [0.1, 0.15) is 5.75 Å². The Morgan fingerprint density at radius 2 is 2.05 bits per heavy atom. The first-order valence-electron chi connectivity index (χ1n) is 14.5. The van der Waals surface area contributed by atoms with Gasteiger partial charge in [-0.05, 0) is 98.7 Å². The fourth-order valence-electron chi connectivity index (χ4n) is 6.25. The topological polar surface area (TPSA) is 79.2 Å². The number of rotatable bonds is 7. The van der Waals surface area contributed by atoms with Crippen molar-refractivity contribution in [1.29, 1.82) is 0 Å². The van der Waals surface area contributed by atoms with Crippen molar-refractivity contribution in [2.75, 3.05) is 25.1 Å². The number of benzene rings is 2. The fraction of sp³-hybridized carbons (Fsp3) is 0.531. The van der Waals surface area contributed by atoms with Gasteiger partial charge in [-0.15, -0.1) is 0 Å². The lowest BCUT2D eigenvalue weighted by atomic mass is 9.70. The number of ether oxygens (including phenoxy) is 1. The Balaban J connectivity index is 1.27. The Bertz CT molecular complexity index is 1370. The normalized spacial score (nSPS) is 24.0. The monoisotopic (exact) mass is 584 g/mol. The van der Waals surface area contributed by atoms with Gasteiger partial charge < -0.3 is 14.7 Å². The van der Waals surface area contributed by atoms with Gasteiger partial charge in [0.05, 0.1) is 18.4 Å². The summed E-state index contributed by atoms with van der Waals surface area (Å²) >= 11 is 6.29. The van der Waals surface area contributed by atoms with Crippen LogP contribution in [0.25, 0.3) is 0 Å². The van der Waals surface area contributed by atoms with E-state index in [1.165, 1.54) is 17.5 Å². The molecule has 1 heterocycles. The van der Waals surface area contributed by atoms with Crippen LogP contribution in [0.5, 0.6) is 5.75 Å². The van der Waals surface area contributed by atoms with Crippen molar-refractivity contribution in [1.82, 2.24) is 0 Å². The molecule has 2 aromatic carbocycles. The van der Waals surface area contributed by atoms with Gasteiger partial charge in [0.25, 0.3) is 5.91 Å². The van der Waals surface area contributed by atoms with Crippen LogP contribution < -0.4 is 9.64 Å². The highest BCUT2D eigenvalue weighted by Gasteiger charge is 2.41. The molecule has 2 aliphatic carbocycles. The molecule has 3 aliphatic rings. The number of carbonyl (C=O) groups excluding carboxylic acids is 1. The highest BCUT2D eigenvalue weighted by molar-refractivity contribution is 7.76. The summed E-state index contributed by atoms with van der Waals surface area (Å²) in [6.45, 7) is 5.21. The minimum Gasteiger partial charge on any atom is -0.490 e. The van der Waals surface area contributed by atoms with Crippen molar-refractivity contribution in [2.45, 2.75) is 75.6 Å². The molecule has 2 aromatic rings. The molecule has 8 heteroatoms. The first-order valence-corrected chi connectivity index (χ1v) is 16.2. The number of fused-ring (bicyclic) bond motifs is 3. The van der Waals surface area contributed by atoms with Crippen molar-refractivity contribution < 1.29 is 18.8 Å². The zero-order chi connectivity index (χ0) is 28.4. The standard InChI is InChI=1S/C32H41ClN2O4S/c1-21(7-4-11-29(36)23-8-5-9-23)22(2)40(38)34-31(37)25-12-15-30-28(18-25)35(3)19-32(20-39-30)16-6-10-24-17-26(33)13-14-27(24)32/h4,11-15,17-18,21-23,29,36,40H,5-10,16,19-20H2,1-3H3/b11-4+/t21-,22+,29-,32-/m0/s1. The summed E-state index contributed by atoms with van der Waals surface area (Å²) in [4.78, 5) is 15.3. The second-order valence-electron chi connectivity index (χ2n) is 12.0. The van der Waals surface area contributed by atoms with Crippen molar-refractivity contribution in [3.8, 4) is 5.75 Å². The SMILES string of the molecule is C[C@H]([C@@H](C)C/C=C/[C@H](O)C1CCC1)/[SH](=O)=N\C(=O)c1ccc2c(c1)N(C)C[C@@]1(CCCc3cc(Cl)ccc31)CO2. The van der Waals surface area contributed by atoms with Crippen molar-refractivity contribution in [2.24, 2.45) is 16.2 Å². The van der Waals surface area contributed by atoms with Crippen molar-refractivity contribution in [3.05, 3.63) is 70.3 Å². The maximum Gasteiger partial charge on any atom is 0.284 e. The molecule has 1 N–H and O–H groups in total. The number of aryl methyl sites for hydroxylation is 1. The summed E-state index contributed by atoms with van der Waals surface area (Å²) in [5.41, 5.74) is 3.67. The van der Waals surface area contributed by atoms with Crippen molar-refractivity contribution in [3.63, 3.8) is 0 Å². The largest absolute Gasteiger partial charge is 0.490 e. The molecular formula is C32H41ClN2O4S. The van der Waals surface area contributed by atoms with E-state index in [1.54, 1.807) is 6.07 Å². The molecular weight excluding hydrogens is 544 g/mol. The molecule has 0 radical (unpaired) electrons. The third-order valence-corrected chi connectivity index (χ3v) is 11.1. The first kappa shape index (κ1) is 29.2. The number of thiol groups is 1. The molecule has 1 aliphatic heterocycles. The average molecular weight is 585 g/mol. The zero-order valence-electron chi connectivity index (χ0n) is 23.7. The quantitative estimate of drug-likeness (QED) is 0.292. The molecule has 1 fully saturated rings. The van der Waals surface area contributed by atoms with Gasteiger partial charge >= 0.3 is 0 Å². The van der Waals surface area contributed by atoms with E-state index in [1.807, 2.05) is 51.2 Å². The van der Waals surface area contributed by atoms with Gasteiger partial charge in [-0.3, -0.25) is 9.00 Å². The molecule has 0 saturated heterocycles. The third-order valence-electron chi connectivity index (χ3n) is 9.24. The second-order valence-corrected chi connectivity index (χ2v) is 14.1. The van der Waals surface area contributed by atoms with E-state index in [9.17, 15) is 14.1 Å². The number of aliphatic hydroxyl groups excluding tert-OH is 1. The van der Waals surface area contributed by atoms with Crippen LogP contribution in [0.1, 0.15) is 73.9 Å². The van der Waals surface area contributed by atoms with Crippen LogP contribution in [0.15, 0.2) is 52.9 Å². The Kier molecular flexibility index (Phi) is 8.93. The molecule has 1 saturated carbocycles. The Labute approximate surface area is 245 Å². The van der Waals surface area contributed by atoms with Gasteiger partial charge in [-0.2, -0.15) is 4.36 Å². The molecule has 1 spiro atoms. The summed E-state index contributed by atoms with van der Waals surface area (Å²) < 4.78 is 23.5. The first-order chi connectivity index (χ1) is 19.2. The van der Waals surface area contributed by atoms with Gasteiger partial charge in [0, 0.05) is 45.4 Å². The lowest BCUT2D eigenvalue weighted by Gasteiger charge is -2.39. The Morgan fingerprint density at radius 1 is 1.25 bits per heavy atom. The number of nitrogens with zero attached hydrogens (tertiary/aromatic N) is 2. The van der Waals surface area contributed by atoms with Gasteiger partial charge in [-0.1, -0.05) is 43.2 Å². The number of hydrogen-bond donors (Lipinski definition) is 2. The summed E-state index contributed by atoms with van der Waals surface area (Å²) in [6.07, 6.45) is 10.6. The number of amides is 1. The number of likely N-dealkylation sites (N-methyl/N-ethyl adjacent to an activating group) is 1. The second kappa shape index (κ2) is 12.3. The lowest BCUT2D eigenvalue weighted by molar-refractivity contribution is 0.100. The molecule has 1 unspecified atom stereocenters. The number of anilines is 1. The van der Waals surface area contributed by atoms with Gasteiger partial charge in [-0.25, -0.2) is 0 Å². The van der Waals surface area contributed by atoms with E-state index < -0.39 is 22.6 Å². The van der Waals surface area contributed by atoms with Gasteiger partial charge in [0.2, 0.25) is 0 Å². The van der Waals surface area contributed by atoms with Crippen LogP contribution in [0, 0.1) is 11.8 Å². The van der Waals surface area contributed by atoms with Crippen LogP contribution in [0.4, 0.5) is 5.69 Å². The molecule has 0 aromatic heterocycles. The molecule has 1 amide bonds. The van der Waals surface area contributed by atoms with E-state index in [2.05, 4.69) is 21.4 Å². The molecule has 6 nitrogen and oxygen atoms in total. The van der Waals surface area contributed by atoms with Crippen molar-refractivity contribution >= 4 is 33.8 Å². The number of carbonyl (C=O) groups is 1. The fourth-order valence-corrected chi connectivity index (χ4v) is 7.48. The van der Waals surface area contributed by atoms with Gasteiger partial charge in [0.15, 0.2) is 0 Å². The lowest BCUT2D eigenvalue weighted by Crippen LogP contribution is -2.44. The van der Waals surface area contributed by atoms with Crippen LogP contribution >= 0.6 is 11.6 Å².